The summed E-state index contributed by atoms with van der Waals surface area (Å²) in [4.78, 5) is 0. The minimum Gasteiger partial charge on any atom is -0.310 e. The van der Waals surface area contributed by atoms with Gasteiger partial charge in [-0.3, -0.25) is 5.10 Å². The molecule has 3 unspecified atom stereocenters. The van der Waals surface area contributed by atoms with Gasteiger partial charge in [0.25, 0.3) is 10.0 Å². The first-order valence-corrected chi connectivity index (χ1v) is 9.22. The molecule has 0 amide bonds. The normalized spacial score (nSPS) is 28.6. The number of nitrogens with zero attached hydrogens (tertiary/aromatic N) is 1. The Hall–Kier alpha value is -0.920. The van der Waals surface area contributed by atoms with Crippen LogP contribution in [0.1, 0.15) is 45.1 Å². The van der Waals surface area contributed by atoms with E-state index in [4.69, 9.17) is 0 Å². The van der Waals surface area contributed by atoms with Gasteiger partial charge in [0.1, 0.15) is 0 Å². The summed E-state index contributed by atoms with van der Waals surface area (Å²) < 4.78 is 28.1. The van der Waals surface area contributed by atoms with Gasteiger partial charge in [-0.2, -0.15) is 5.10 Å². The highest BCUT2D eigenvalue weighted by atomic mass is 32.2. The van der Waals surface area contributed by atoms with Crippen LogP contribution in [0.5, 0.6) is 0 Å². The molecule has 0 saturated heterocycles. The van der Waals surface area contributed by atoms with Crippen molar-refractivity contribution < 1.29 is 8.42 Å². The van der Waals surface area contributed by atoms with Crippen LogP contribution in [0.25, 0.3) is 0 Å². The first-order chi connectivity index (χ1) is 9.95. The van der Waals surface area contributed by atoms with Gasteiger partial charge in [0.2, 0.25) is 0 Å². The molecular weight excluding hydrogens is 288 g/mol. The van der Waals surface area contributed by atoms with Crippen LogP contribution >= 0.6 is 0 Å². The minimum atomic E-state index is -3.51. The molecule has 2 aliphatic rings. The number of hydrogen-bond donors (Lipinski definition) is 3. The monoisotopic (exact) mass is 312 g/mol. The molecule has 3 atom stereocenters. The van der Waals surface area contributed by atoms with Crippen molar-refractivity contribution in [3.05, 3.63) is 11.8 Å². The smallest absolute Gasteiger partial charge is 0.258 e. The van der Waals surface area contributed by atoms with Crippen molar-refractivity contribution in [3.8, 4) is 0 Å². The minimum absolute atomic E-state index is 0.1000. The molecule has 118 valence electrons. The third kappa shape index (κ3) is 3.14. The summed E-state index contributed by atoms with van der Waals surface area (Å²) in [5, 5.41) is 9.99. The second kappa shape index (κ2) is 5.70. The van der Waals surface area contributed by atoms with Crippen molar-refractivity contribution in [1.82, 2.24) is 20.2 Å². The van der Waals surface area contributed by atoms with Crippen molar-refractivity contribution in [2.75, 3.05) is 0 Å². The quantitative estimate of drug-likeness (QED) is 0.740. The Morgan fingerprint density at radius 2 is 2.19 bits per heavy atom. The van der Waals surface area contributed by atoms with E-state index < -0.39 is 10.0 Å². The lowest BCUT2D eigenvalue weighted by atomic mass is 9.96. The van der Waals surface area contributed by atoms with Crippen LogP contribution in [0.15, 0.2) is 11.2 Å². The fourth-order valence-corrected chi connectivity index (χ4v) is 5.07. The van der Waals surface area contributed by atoms with E-state index in [1.165, 1.54) is 12.8 Å². The molecule has 3 rings (SSSR count). The number of hydrogen-bond acceptors (Lipinski definition) is 4. The first kappa shape index (κ1) is 15.0. The zero-order valence-electron chi connectivity index (χ0n) is 12.6. The van der Waals surface area contributed by atoms with Gasteiger partial charge in [-0.15, -0.1) is 0 Å². The second-order valence-electron chi connectivity index (χ2n) is 6.66. The fraction of sp³-hybridized carbons (Fsp3) is 0.786. The van der Waals surface area contributed by atoms with E-state index in [9.17, 15) is 8.42 Å². The van der Waals surface area contributed by atoms with Gasteiger partial charge in [0, 0.05) is 24.2 Å². The van der Waals surface area contributed by atoms with E-state index in [1.54, 1.807) is 6.20 Å². The number of nitrogens with one attached hydrogen (secondary N) is 3. The molecule has 6 nitrogen and oxygen atoms in total. The van der Waals surface area contributed by atoms with Crippen molar-refractivity contribution in [3.63, 3.8) is 0 Å². The van der Waals surface area contributed by atoms with Crippen LogP contribution in [0, 0.1) is 11.8 Å². The van der Waals surface area contributed by atoms with Gasteiger partial charge in [-0.1, -0.05) is 20.3 Å². The summed E-state index contributed by atoms with van der Waals surface area (Å²) in [6, 6.07) is 0.400. The topological polar surface area (TPSA) is 86.9 Å². The zero-order chi connectivity index (χ0) is 15.0. The second-order valence-corrected chi connectivity index (χ2v) is 8.31. The molecule has 21 heavy (non-hydrogen) atoms. The maximum Gasteiger partial charge on any atom is 0.258 e. The third-order valence-electron chi connectivity index (χ3n) is 4.69. The molecule has 1 aromatic rings. The SMILES string of the molecule is CC(C)NCc1cn[nH]c1S(=O)(=O)NC1CC2CCC1C2. The van der Waals surface area contributed by atoms with E-state index >= 15 is 0 Å². The lowest BCUT2D eigenvalue weighted by Crippen LogP contribution is -2.39. The lowest BCUT2D eigenvalue weighted by Gasteiger charge is -2.22. The predicted molar refractivity (Wildman–Crippen MR) is 80.1 cm³/mol. The van der Waals surface area contributed by atoms with Gasteiger partial charge in [0.05, 0.1) is 6.20 Å². The highest BCUT2D eigenvalue weighted by Gasteiger charge is 2.41. The number of aromatic nitrogens is 2. The summed E-state index contributed by atoms with van der Waals surface area (Å²) in [6.07, 6.45) is 6.17. The number of aromatic amines is 1. The maximum atomic E-state index is 12.6. The molecule has 2 saturated carbocycles. The van der Waals surface area contributed by atoms with E-state index in [-0.39, 0.29) is 11.1 Å². The largest absolute Gasteiger partial charge is 0.310 e. The van der Waals surface area contributed by atoms with E-state index in [1.807, 2.05) is 13.8 Å². The first-order valence-electron chi connectivity index (χ1n) is 7.73. The summed E-state index contributed by atoms with van der Waals surface area (Å²) in [7, 11) is -3.51. The average Bonchev–Trinajstić information content (AvgIpc) is 3.11. The average molecular weight is 312 g/mol. The fourth-order valence-electron chi connectivity index (χ4n) is 3.62. The Kier molecular flexibility index (Phi) is 4.07. The molecule has 2 fully saturated rings. The molecule has 2 bridgehead atoms. The van der Waals surface area contributed by atoms with Gasteiger partial charge < -0.3 is 5.32 Å². The lowest BCUT2D eigenvalue weighted by molar-refractivity contribution is 0.389. The number of H-pyrrole nitrogens is 1. The summed E-state index contributed by atoms with van der Waals surface area (Å²) in [5.74, 6) is 1.23. The highest BCUT2D eigenvalue weighted by molar-refractivity contribution is 7.89. The molecule has 1 aromatic heterocycles. The summed E-state index contributed by atoms with van der Waals surface area (Å²) in [6.45, 7) is 4.56. The van der Waals surface area contributed by atoms with Crippen LogP contribution in [0.3, 0.4) is 0 Å². The summed E-state index contributed by atoms with van der Waals surface area (Å²) in [5.41, 5.74) is 0.694. The predicted octanol–water partition coefficient (Wildman–Crippen LogP) is 1.37. The number of fused-ring (bicyclic) bond motifs is 2. The zero-order valence-corrected chi connectivity index (χ0v) is 13.4. The molecule has 0 spiro atoms. The Labute approximate surface area is 126 Å². The molecule has 0 radical (unpaired) electrons. The van der Waals surface area contributed by atoms with Crippen molar-refractivity contribution >= 4 is 10.0 Å². The Bertz CT molecular complexity index is 596. The Balaban J connectivity index is 1.71. The highest BCUT2D eigenvalue weighted by Crippen LogP contribution is 2.44. The van der Waals surface area contributed by atoms with Crippen molar-refractivity contribution in [1.29, 1.82) is 0 Å². The van der Waals surface area contributed by atoms with E-state index in [0.717, 1.165) is 12.8 Å². The molecule has 2 aliphatic carbocycles. The molecule has 0 aliphatic heterocycles. The molecule has 1 heterocycles. The molecular formula is C14H24N4O2S. The molecule has 0 aromatic carbocycles. The van der Waals surface area contributed by atoms with Crippen LogP contribution in [0.2, 0.25) is 0 Å². The molecule has 3 N–H and O–H groups in total. The van der Waals surface area contributed by atoms with Crippen molar-refractivity contribution in [2.45, 2.75) is 63.2 Å². The van der Waals surface area contributed by atoms with Gasteiger partial charge >= 0.3 is 0 Å². The van der Waals surface area contributed by atoms with Crippen LogP contribution in [-0.4, -0.2) is 30.7 Å². The maximum absolute atomic E-state index is 12.6. The van der Waals surface area contributed by atoms with E-state index in [2.05, 4.69) is 20.2 Å². The van der Waals surface area contributed by atoms with Crippen LogP contribution in [-0.2, 0) is 16.6 Å². The van der Waals surface area contributed by atoms with E-state index in [0.29, 0.717) is 30.0 Å². The van der Waals surface area contributed by atoms with Gasteiger partial charge in [0.15, 0.2) is 5.03 Å². The number of rotatable bonds is 6. The van der Waals surface area contributed by atoms with Crippen molar-refractivity contribution in [2.24, 2.45) is 11.8 Å². The molecule has 7 heteroatoms. The summed E-state index contributed by atoms with van der Waals surface area (Å²) >= 11 is 0. The standard InChI is InChI=1S/C14H24N4O2S/c1-9(2)15-7-12-8-16-17-14(12)21(19,20)18-13-6-10-3-4-11(13)5-10/h8-11,13,15,18H,3-7H2,1-2H3,(H,16,17). The van der Waals surface area contributed by atoms with Gasteiger partial charge in [-0.05, 0) is 31.1 Å². The third-order valence-corrected chi connectivity index (χ3v) is 6.20. The van der Waals surface area contributed by atoms with Gasteiger partial charge in [-0.25, -0.2) is 13.1 Å². The van der Waals surface area contributed by atoms with Crippen LogP contribution in [0.4, 0.5) is 0 Å². The Morgan fingerprint density at radius 1 is 1.38 bits per heavy atom. The Morgan fingerprint density at radius 3 is 2.81 bits per heavy atom. The van der Waals surface area contributed by atoms with Crippen LogP contribution < -0.4 is 10.0 Å². The number of sulfonamides is 1.